The van der Waals surface area contributed by atoms with Gasteiger partial charge in [0.1, 0.15) is 4.21 Å². The minimum Gasteiger partial charge on any atom is -0.206 e. The van der Waals surface area contributed by atoms with Crippen LogP contribution in [0.15, 0.2) is 44.4 Å². The highest BCUT2D eigenvalue weighted by Crippen LogP contribution is 2.29. The van der Waals surface area contributed by atoms with Crippen LogP contribution in [-0.2, 0) is 10.0 Å². The summed E-state index contributed by atoms with van der Waals surface area (Å²) in [6, 6.07) is 8.64. The average molecular weight is 395 g/mol. The monoisotopic (exact) mass is 393 g/mol. The Hall–Kier alpha value is -0.400. The van der Waals surface area contributed by atoms with Gasteiger partial charge in [-0.15, -0.1) is 11.3 Å². The van der Waals surface area contributed by atoms with E-state index in [0.29, 0.717) is 20.1 Å². The van der Waals surface area contributed by atoms with Gasteiger partial charge < -0.3 is 0 Å². The van der Waals surface area contributed by atoms with Gasteiger partial charge in [-0.25, -0.2) is 13.1 Å². The van der Waals surface area contributed by atoms with Crippen molar-refractivity contribution in [1.29, 1.82) is 0 Å². The normalized spacial score (nSPS) is 13.3. The molecule has 1 heterocycles. The minimum absolute atomic E-state index is 0.272. The lowest BCUT2D eigenvalue weighted by atomic mass is 10.1. The van der Waals surface area contributed by atoms with E-state index in [9.17, 15) is 8.42 Å². The van der Waals surface area contributed by atoms with E-state index in [0.717, 1.165) is 5.56 Å². The fraction of sp³-hybridized carbons (Fsp3) is 0.231. The standard InChI is InChI=1S/C13H13BrClNO2S2/c1-2-12(9-3-5-10(15)6-4-9)16-20(17,18)13-11(14)7-8-19-13/h3-8,12,16H,2H2,1H3. The first-order chi connectivity index (χ1) is 9.44. The fourth-order valence-corrected chi connectivity index (χ4v) is 5.58. The molecule has 1 N–H and O–H groups in total. The summed E-state index contributed by atoms with van der Waals surface area (Å²) in [4.78, 5) is 0. The molecule has 0 amide bonds. The molecule has 0 radical (unpaired) electrons. The first-order valence-corrected chi connectivity index (χ1v) is 9.48. The van der Waals surface area contributed by atoms with Crippen LogP contribution in [0.2, 0.25) is 5.02 Å². The molecule has 1 aromatic carbocycles. The Kier molecular flexibility index (Phi) is 5.25. The Morgan fingerprint density at radius 3 is 2.45 bits per heavy atom. The van der Waals surface area contributed by atoms with Gasteiger partial charge in [-0.1, -0.05) is 30.7 Å². The average Bonchev–Trinajstić information content (AvgIpc) is 2.84. The number of thiophene rings is 1. The SMILES string of the molecule is CCC(NS(=O)(=O)c1sccc1Br)c1ccc(Cl)cc1. The Bertz CT molecular complexity index is 683. The van der Waals surface area contributed by atoms with E-state index in [1.807, 2.05) is 19.1 Å². The highest BCUT2D eigenvalue weighted by molar-refractivity contribution is 9.10. The summed E-state index contributed by atoms with van der Waals surface area (Å²) in [5.74, 6) is 0. The number of hydrogen-bond donors (Lipinski definition) is 1. The number of rotatable bonds is 5. The molecule has 0 fully saturated rings. The second-order valence-corrected chi connectivity index (χ2v) is 8.31. The highest BCUT2D eigenvalue weighted by atomic mass is 79.9. The van der Waals surface area contributed by atoms with E-state index in [-0.39, 0.29) is 6.04 Å². The van der Waals surface area contributed by atoms with E-state index in [1.165, 1.54) is 11.3 Å². The van der Waals surface area contributed by atoms with Crippen LogP contribution < -0.4 is 4.72 Å². The number of hydrogen-bond acceptors (Lipinski definition) is 3. The van der Waals surface area contributed by atoms with E-state index in [1.54, 1.807) is 23.6 Å². The molecular formula is C13H13BrClNO2S2. The molecular weight excluding hydrogens is 382 g/mol. The molecule has 1 aromatic heterocycles. The first-order valence-electron chi connectivity index (χ1n) is 5.95. The third kappa shape index (κ3) is 3.62. The van der Waals surface area contributed by atoms with Gasteiger partial charge in [-0.3, -0.25) is 0 Å². The number of benzene rings is 1. The molecule has 3 nitrogen and oxygen atoms in total. The first kappa shape index (κ1) is 16.0. The largest absolute Gasteiger partial charge is 0.251 e. The van der Waals surface area contributed by atoms with Crippen molar-refractivity contribution in [2.24, 2.45) is 0 Å². The van der Waals surface area contributed by atoms with Crippen molar-refractivity contribution < 1.29 is 8.42 Å². The molecule has 0 saturated carbocycles. The lowest BCUT2D eigenvalue weighted by molar-refractivity contribution is 0.551. The molecule has 0 spiro atoms. The van der Waals surface area contributed by atoms with Crippen molar-refractivity contribution >= 4 is 48.9 Å². The molecule has 0 aliphatic rings. The van der Waals surface area contributed by atoms with Gasteiger partial charge >= 0.3 is 0 Å². The summed E-state index contributed by atoms with van der Waals surface area (Å²) in [5.41, 5.74) is 0.896. The minimum atomic E-state index is -3.53. The molecule has 2 aromatic rings. The molecule has 0 aliphatic heterocycles. The number of nitrogens with one attached hydrogen (secondary N) is 1. The smallest absolute Gasteiger partial charge is 0.206 e. The van der Waals surface area contributed by atoms with E-state index >= 15 is 0 Å². The van der Waals surface area contributed by atoms with E-state index in [2.05, 4.69) is 20.7 Å². The Morgan fingerprint density at radius 2 is 1.95 bits per heavy atom. The molecule has 1 unspecified atom stereocenters. The van der Waals surface area contributed by atoms with Crippen LogP contribution in [0.3, 0.4) is 0 Å². The van der Waals surface area contributed by atoms with Crippen molar-refractivity contribution in [2.75, 3.05) is 0 Å². The molecule has 2 rings (SSSR count). The molecule has 20 heavy (non-hydrogen) atoms. The summed E-state index contributed by atoms with van der Waals surface area (Å²) in [7, 11) is -3.53. The molecule has 108 valence electrons. The van der Waals surface area contributed by atoms with Gasteiger partial charge in [0, 0.05) is 15.5 Å². The van der Waals surface area contributed by atoms with Crippen molar-refractivity contribution in [3.05, 3.63) is 50.8 Å². The van der Waals surface area contributed by atoms with Crippen LogP contribution in [-0.4, -0.2) is 8.42 Å². The third-order valence-electron chi connectivity index (χ3n) is 2.81. The lowest BCUT2D eigenvalue weighted by Gasteiger charge is -2.17. The van der Waals surface area contributed by atoms with Gasteiger partial charge in [0.25, 0.3) is 10.0 Å². The molecule has 7 heteroatoms. The van der Waals surface area contributed by atoms with Crippen molar-refractivity contribution in [2.45, 2.75) is 23.6 Å². The Labute approximate surface area is 136 Å². The van der Waals surface area contributed by atoms with E-state index < -0.39 is 10.0 Å². The van der Waals surface area contributed by atoms with Crippen LogP contribution in [0.4, 0.5) is 0 Å². The summed E-state index contributed by atoms with van der Waals surface area (Å²) in [6.45, 7) is 1.94. The summed E-state index contributed by atoms with van der Waals surface area (Å²) in [5, 5.41) is 2.37. The van der Waals surface area contributed by atoms with Gasteiger partial charge in [-0.05, 0) is 51.5 Å². The van der Waals surface area contributed by atoms with Crippen LogP contribution in [0, 0.1) is 0 Å². The van der Waals surface area contributed by atoms with Gasteiger partial charge in [-0.2, -0.15) is 0 Å². The van der Waals surface area contributed by atoms with Gasteiger partial charge in [0.05, 0.1) is 0 Å². The van der Waals surface area contributed by atoms with E-state index in [4.69, 9.17) is 11.6 Å². The van der Waals surface area contributed by atoms with Crippen LogP contribution in [0.1, 0.15) is 24.9 Å². The van der Waals surface area contributed by atoms with Crippen LogP contribution in [0.5, 0.6) is 0 Å². The Morgan fingerprint density at radius 1 is 1.30 bits per heavy atom. The molecule has 0 aliphatic carbocycles. The van der Waals surface area contributed by atoms with Gasteiger partial charge in [0.15, 0.2) is 0 Å². The third-order valence-corrected chi connectivity index (χ3v) is 7.20. The lowest BCUT2D eigenvalue weighted by Crippen LogP contribution is -2.27. The summed E-state index contributed by atoms with van der Waals surface area (Å²) >= 11 is 10.3. The summed E-state index contributed by atoms with van der Waals surface area (Å²) < 4.78 is 28.3. The van der Waals surface area contributed by atoms with Gasteiger partial charge in [0.2, 0.25) is 0 Å². The zero-order valence-electron chi connectivity index (χ0n) is 10.6. The van der Waals surface area contributed by atoms with Crippen molar-refractivity contribution in [3.63, 3.8) is 0 Å². The zero-order chi connectivity index (χ0) is 14.8. The predicted molar refractivity (Wildman–Crippen MR) is 86.8 cm³/mol. The number of sulfonamides is 1. The molecule has 0 bridgehead atoms. The highest BCUT2D eigenvalue weighted by Gasteiger charge is 2.23. The summed E-state index contributed by atoms with van der Waals surface area (Å²) in [6.07, 6.45) is 0.657. The Balaban J connectivity index is 2.26. The zero-order valence-corrected chi connectivity index (χ0v) is 14.6. The van der Waals surface area contributed by atoms with Crippen molar-refractivity contribution in [1.82, 2.24) is 4.72 Å². The molecule has 1 atom stereocenters. The maximum Gasteiger partial charge on any atom is 0.251 e. The van der Waals surface area contributed by atoms with Crippen LogP contribution in [0.25, 0.3) is 0 Å². The van der Waals surface area contributed by atoms with Crippen LogP contribution >= 0.6 is 38.9 Å². The molecule has 0 saturated heterocycles. The number of halogens is 2. The second kappa shape index (κ2) is 6.58. The maximum atomic E-state index is 12.4. The topological polar surface area (TPSA) is 46.2 Å². The predicted octanol–water partition coefficient (Wildman–Crippen LogP) is 4.59. The second-order valence-electron chi connectivity index (χ2n) is 4.19. The fourth-order valence-electron chi connectivity index (χ4n) is 1.79. The maximum absolute atomic E-state index is 12.4. The quantitative estimate of drug-likeness (QED) is 0.806. The van der Waals surface area contributed by atoms with Crippen molar-refractivity contribution in [3.8, 4) is 0 Å².